The van der Waals surface area contributed by atoms with Gasteiger partial charge in [-0.3, -0.25) is 14.8 Å². The second-order valence-electron chi connectivity index (χ2n) is 6.55. The van der Waals surface area contributed by atoms with Crippen molar-refractivity contribution in [1.29, 1.82) is 0 Å². The summed E-state index contributed by atoms with van der Waals surface area (Å²) < 4.78 is 0. The molecule has 3 rings (SSSR count). The van der Waals surface area contributed by atoms with Crippen LogP contribution in [0.15, 0.2) is 18.6 Å². The van der Waals surface area contributed by atoms with Gasteiger partial charge in [-0.05, 0) is 39.2 Å². The summed E-state index contributed by atoms with van der Waals surface area (Å²) in [6, 6.07) is 0.618. The van der Waals surface area contributed by atoms with Gasteiger partial charge in [0.2, 0.25) is 5.91 Å². The SMILES string of the molecule is CC(=O)Nc1ncc(-c2cnc(CC3CCN(C(C)C)C3)cn2)s1. The van der Waals surface area contributed by atoms with Crippen LogP contribution in [0.5, 0.6) is 0 Å². The first-order chi connectivity index (χ1) is 11.5. The van der Waals surface area contributed by atoms with E-state index in [2.05, 4.69) is 39.0 Å². The molecule has 128 valence electrons. The summed E-state index contributed by atoms with van der Waals surface area (Å²) >= 11 is 1.40. The van der Waals surface area contributed by atoms with Crippen molar-refractivity contribution in [3.8, 4) is 10.6 Å². The quantitative estimate of drug-likeness (QED) is 0.902. The largest absolute Gasteiger partial charge is 0.302 e. The van der Waals surface area contributed by atoms with Crippen LogP contribution in [0.4, 0.5) is 5.13 Å². The first-order valence-corrected chi connectivity index (χ1v) is 9.11. The van der Waals surface area contributed by atoms with Crippen molar-refractivity contribution in [2.45, 2.75) is 39.7 Å². The Balaban J connectivity index is 1.61. The van der Waals surface area contributed by atoms with E-state index >= 15 is 0 Å². The molecule has 0 aromatic carbocycles. The summed E-state index contributed by atoms with van der Waals surface area (Å²) in [4.78, 5) is 27.8. The molecule has 3 heterocycles. The van der Waals surface area contributed by atoms with Crippen molar-refractivity contribution < 1.29 is 4.79 Å². The summed E-state index contributed by atoms with van der Waals surface area (Å²) in [5.74, 6) is 0.548. The number of likely N-dealkylation sites (tertiary alicyclic amines) is 1. The average molecular weight is 345 g/mol. The minimum absolute atomic E-state index is 0.121. The topological polar surface area (TPSA) is 71.0 Å². The van der Waals surface area contributed by atoms with Crippen LogP contribution in [0.3, 0.4) is 0 Å². The number of thiazole rings is 1. The van der Waals surface area contributed by atoms with Gasteiger partial charge < -0.3 is 10.2 Å². The highest BCUT2D eigenvalue weighted by Gasteiger charge is 2.24. The standard InChI is InChI=1S/C17H23N5OS/c1-11(2)22-5-4-13(10-22)6-14-7-19-15(8-18-14)16-9-20-17(24-16)21-12(3)23/h7-9,11,13H,4-6,10H2,1-3H3,(H,20,21,23). The van der Waals surface area contributed by atoms with Gasteiger partial charge in [-0.1, -0.05) is 11.3 Å². The first-order valence-electron chi connectivity index (χ1n) is 8.30. The van der Waals surface area contributed by atoms with Gasteiger partial charge in [0.05, 0.1) is 16.8 Å². The molecule has 2 aromatic heterocycles. The Labute approximate surface area is 146 Å². The number of nitrogens with zero attached hydrogens (tertiary/aromatic N) is 4. The maximum atomic E-state index is 11.1. The fraction of sp³-hybridized carbons (Fsp3) is 0.529. The van der Waals surface area contributed by atoms with E-state index in [0.717, 1.165) is 29.2 Å². The summed E-state index contributed by atoms with van der Waals surface area (Å²) in [7, 11) is 0. The highest BCUT2D eigenvalue weighted by Crippen LogP contribution is 2.27. The lowest BCUT2D eigenvalue weighted by atomic mass is 10.0. The Morgan fingerprint density at radius 2 is 2.17 bits per heavy atom. The van der Waals surface area contributed by atoms with Gasteiger partial charge in [0.25, 0.3) is 0 Å². The number of nitrogens with one attached hydrogen (secondary N) is 1. The molecule has 0 saturated carbocycles. The zero-order valence-electron chi connectivity index (χ0n) is 14.3. The molecule has 0 spiro atoms. The predicted molar refractivity (Wildman–Crippen MR) is 96.0 cm³/mol. The maximum absolute atomic E-state index is 11.1. The van der Waals surface area contributed by atoms with Crippen molar-refractivity contribution in [2.75, 3.05) is 18.4 Å². The third-order valence-corrected chi connectivity index (χ3v) is 5.23. The third kappa shape index (κ3) is 4.15. The van der Waals surface area contributed by atoms with Gasteiger partial charge in [0.1, 0.15) is 5.69 Å². The van der Waals surface area contributed by atoms with Crippen LogP contribution in [0.25, 0.3) is 10.6 Å². The summed E-state index contributed by atoms with van der Waals surface area (Å²) in [5.41, 5.74) is 1.84. The van der Waals surface area contributed by atoms with Crippen molar-refractivity contribution in [3.05, 3.63) is 24.3 Å². The summed E-state index contributed by atoms with van der Waals surface area (Å²) in [6.07, 6.45) is 7.60. The molecule has 2 aromatic rings. The fourth-order valence-electron chi connectivity index (χ4n) is 2.98. The van der Waals surface area contributed by atoms with Gasteiger partial charge in [0.15, 0.2) is 5.13 Å². The molecule has 1 aliphatic rings. The number of amides is 1. The second-order valence-corrected chi connectivity index (χ2v) is 7.58. The average Bonchev–Trinajstić information content (AvgIpc) is 3.17. The van der Waals surface area contributed by atoms with E-state index in [9.17, 15) is 4.79 Å². The second kappa shape index (κ2) is 7.36. The zero-order valence-corrected chi connectivity index (χ0v) is 15.1. The molecule has 0 aliphatic carbocycles. The number of aromatic nitrogens is 3. The van der Waals surface area contributed by atoms with Crippen LogP contribution < -0.4 is 5.32 Å². The van der Waals surface area contributed by atoms with E-state index < -0.39 is 0 Å². The smallest absolute Gasteiger partial charge is 0.223 e. The Morgan fingerprint density at radius 3 is 2.79 bits per heavy atom. The van der Waals surface area contributed by atoms with E-state index in [1.54, 1.807) is 12.4 Å². The lowest BCUT2D eigenvalue weighted by molar-refractivity contribution is -0.114. The van der Waals surface area contributed by atoms with Gasteiger partial charge >= 0.3 is 0 Å². The van der Waals surface area contributed by atoms with Gasteiger partial charge in [0, 0.05) is 31.9 Å². The van der Waals surface area contributed by atoms with Crippen molar-refractivity contribution in [1.82, 2.24) is 19.9 Å². The fourth-order valence-corrected chi connectivity index (χ4v) is 3.81. The summed E-state index contributed by atoms with van der Waals surface area (Å²) in [5, 5.41) is 3.27. The van der Waals surface area contributed by atoms with Gasteiger partial charge in [-0.2, -0.15) is 0 Å². The van der Waals surface area contributed by atoms with E-state index in [1.165, 1.54) is 31.2 Å². The minimum atomic E-state index is -0.121. The Bertz CT molecular complexity index is 697. The van der Waals surface area contributed by atoms with Crippen molar-refractivity contribution in [2.24, 2.45) is 5.92 Å². The Morgan fingerprint density at radius 1 is 1.33 bits per heavy atom. The molecule has 1 amide bonds. The highest BCUT2D eigenvalue weighted by atomic mass is 32.1. The number of carbonyl (C=O) groups is 1. The molecule has 1 atom stereocenters. The van der Waals surface area contributed by atoms with Crippen LogP contribution >= 0.6 is 11.3 Å². The summed E-state index contributed by atoms with van der Waals surface area (Å²) in [6.45, 7) is 8.30. The molecule has 7 heteroatoms. The molecule has 1 saturated heterocycles. The van der Waals surface area contributed by atoms with E-state index in [4.69, 9.17) is 0 Å². The lowest BCUT2D eigenvalue weighted by Gasteiger charge is -2.20. The molecule has 0 bridgehead atoms. The molecule has 0 radical (unpaired) electrons. The predicted octanol–water partition coefficient (Wildman–Crippen LogP) is 2.83. The van der Waals surface area contributed by atoms with E-state index in [0.29, 0.717) is 17.1 Å². The van der Waals surface area contributed by atoms with Crippen LogP contribution in [0, 0.1) is 5.92 Å². The van der Waals surface area contributed by atoms with Crippen LogP contribution in [0.1, 0.15) is 32.9 Å². The number of carbonyl (C=O) groups excluding carboxylic acids is 1. The van der Waals surface area contributed by atoms with Crippen LogP contribution in [-0.4, -0.2) is 44.9 Å². The van der Waals surface area contributed by atoms with Crippen LogP contribution in [-0.2, 0) is 11.2 Å². The van der Waals surface area contributed by atoms with E-state index in [1.807, 2.05) is 6.20 Å². The monoisotopic (exact) mass is 345 g/mol. The number of rotatable bonds is 5. The number of anilines is 1. The minimum Gasteiger partial charge on any atom is -0.302 e. The lowest BCUT2D eigenvalue weighted by Crippen LogP contribution is -2.28. The molecule has 1 N–H and O–H groups in total. The molecule has 1 fully saturated rings. The van der Waals surface area contributed by atoms with Crippen molar-refractivity contribution in [3.63, 3.8) is 0 Å². The molecule has 6 nitrogen and oxygen atoms in total. The Kier molecular flexibility index (Phi) is 5.20. The van der Waals surface area contributed by atoms with E-state index in [-0.39, 0.29) is 5.91 Å². The molecule has 1 unspecified atom stereocenters. The van der Waals surface area contributed by atoms with Crippen LogP contribution in [0.2, 0.25) is 0 Å². The Hall–Kier alpha value is -1.86. The van der Waals surface area contributed by atoms with Gasteiger partial charge in [-0.25, -0.2) is 4.98 Å². The third-order valence-electron chi connectivity index (χ3n) is 4.29. The number of hydrogen-bond donors (Lipinski definition) is 1. The van der Waals surface area contributed by atoms with Gasteiger partial charge in [-0.15, -0.1) is 0 Å². The zero-order chi connectivity index (χ0) is 17.1. The molecule has 1 aliphatic heterocycles. The molecule has 24 heavy (non-hydrogen) atoms. The maximum Gasteiger partial charge on any atom is 0.223 e. The number of hydrogen-bond acceptors (Lipinski definition) is 6. The van der Waals surface area contributed by atoms with Crippen molar-refractivity contribution >= 4 is 22.4 Å². The molecular weight excluding hydrogens is 322 g/mol. The molecular formula is C17H23N5OS. The normalized spacial score (nSPS) is 18.2. The highest BCUT2D eigenvalue weighted by molar-refractivity contribution is 7.19. The first kappa shape index (κ1) is 17.0.